The number of halogens is 7. The highest BCUT2D eigenvalue weighted by molar-refractivity contribution is 6.34. The molecule has 3 heterocycles. The highest BCUT2D eigenvalue weighted by Crippen LogP contribution is 2.30. The van der Waals surface area contributed by atoms with Crippen LogP contribution in [0.1, 0.15) is 46.7 Å². The van der Waals surface area contributed by atoms with Gasteiger partial charge in [0.2, 0.25) is 12.7 Å². The molecule has 4 N–H and O–H groups in total. The summed E-state index contributed by atoms with van der Waals surface area (Å²) >= 11 is 6.13. The Balaban J connectivity index is 0.000000267. The summed E-state index contributed by atoms with van der Waals surface area (Å²) in [6.07, 6.45) is 1.70. The number of piperidine rings is 2. The van der Waals surface area contributed by atoms with Gasteiger partial charge in [0.1, 0.15) is 6.29 Å². The van der Waals surface area contributed by atoms with Gasteiger partial charge in [-0.3, -0.25) is 9.59 Å². The first-order valence-electron chi connectivity index (χ1n) is 16.2. The molecule has 292 valence electrons. The van der Waals surface area contributed by atoms with E-state index < -0.39 is 36.4 Å². The zero-order chi connectivity index (χ0) is 39.7. The number of hydrogen-bond donors (Lipinski definition) is 4. The van der Waals surface area contributed by atoms with Gasteiger partial charge in [0.15, 0.2) is 23.7 Å². The number of alkyl halides is 4. The highest BCUT2D eigenvalue weighted by atomic mass is 35.5. The van der Waals surface area contributed by atoms with Gasteiger partial charge in [-0.1, -0.05) is 11.6 Å². The quantitative estimate of drug-likeness (QED) is 0.170. The van der Waals surface area contributed by atoms with E-state index in [9.17, 15) is 40.7 Å². The molecule has 0 atom stereocenters. The molecule has 0 unspecified atom stereocenters. The number of rotatable bonds is 8. The number of ether oxygens (including phenoxy) is 1. The van der Waals surface area contributed by atoms with Crippen molar-refractivity contribution in [2.45, 2.75) is 37.9 Å². The lowest BCUT2D eigenvalue weighted by atomic mass is 9.98. The third kappa shape index (κ3) is 13.4. The van der Waals surface area contributed by atoms with Crippen LogP contribution in [0.5, 0.6) is 5.75 Å². The highest BCUT2D eigenvalue weighted by Gasteiger charge is 2.38. The van der Waals surface area contributed by atoms with E-state index in [1.165, 1.54) is 49.8 Å². The molecule has 0 bridgehead atoms. The standard InChI is InChI=1S/C14H17ClN2O2.C12H9F3N2O2.C6H14N2.C2HF3O2/c1-16-11-2-3-12(13(15)8-11)14(19)17-6-4-10(9-18)5-7-17;1-17-8(4-16-10(17)5-18)7-2-3-9(19-6-13)12(15)11(7)14;1-7-6-2-4-8-5-3-6;3-2(4,5)1(6)7/h2-3,8-10,16H,4-7H2,1H3;2-5H,6H2,1H3;6-8H,2-5H2,1H3;(H,6,7). The van der Waals surface area contributed by atoms with Crippen molar-refractivity contribution in [3.05, 3.63) is 64.6 Å². The monoisotopic (exact) mass is 778 g/mol. The van der Waals surface area contributed by atoms with Crippen LogP contribution in [0.4, 0.5) is 32.0 Å². The van der Waals surface area contributed by atoms with Gasteiger partial charge in [0.05, 0.1) is 22.5 Å². The lowest BCUT2D eigenvalue weighted by molar-refractivity contribution is -0.192. The summed E-state index contributed by atoms with van der Waals surface area (Å²) in [4.78, 5) is 48.1. The largest absolute Gasteiger partial charge is 0.490 e. The van der Waals surface area contributed by atoms with Crippen LogP contribution in [-0.4, -0.2) is 103 Å². The van der Waals surface area contributed by atoms with E-state index in [2.05, 4.69) is 25.7 Å². The van der Waals surface area contributed by atoms with Crippen molar-refractivity contribution in [2.75, 3.05) is 52.5 Å². The average Bonchev–Trinajstić information content (AvgIpc) is 3.53. The number of carboxylic acid groups (broad SMARTS) is 1. The minimum absolute atomic E-state index is 0.0583. The Morgan fingerprint density at radius 2 is 1.68 bits per heavy atom. The minimum atomic E-state index is -5.08. The zero-order valence-electron chi connectivity index (χ0n) is 29.1. The van der Waals surface area contributed by atoms with Crippen molar-refractivity contribution in [1.82, 2.24) is 25.1 Å². The molecule has 19 heteroatoms. The third-order valence-electron chi connectivity index (χ3n) is 8.16. The van der Waals surface area contributed by atoms with Crippen molar-refractivity contribution in [2.24, 2.45) is 13.0 Å². The Kier molecular flexibility index (Phi) is 18.3. The van der Waals surface area contributed by atoms with E-state index in [0.29, 0.717) is 30.0 Å². The molecule has 0 saturated carbocycles. The number of nitrogens with one attached hydrogen (secondary N) is 3. The molecule has 0 radical (unpaired) electrons. The van der Waals surface area contributed by atoms with E-state index in [1.54, 1.807) is 24.1 Å². The molecule has 2 aliphatic heterocycles. The number of aldehydes is 2. The fourth-order valence-corrected chi connectivity index (χ4v) is 5.31. The topological polar surface area (TPSA) is 155 Å². The maximum absolute atomic E-state index is 13.9. The molecule has 2 aliphatic rings. The van der Waals surface area contributed by atoms with Crippen LogP contribution in [0.3, 0.4) is 0 Å². The lowest BCUT2D eigenvalue weighted by Crippen LogP contribution is -2.38. The maximum Gasteiger partial charge on any atom is 0.490 e. The lowest BCUT2D eigenvalue weighted by Gasteiger charge is -2.30. The molecule has 53 heavy (non-hydrogen) atoms. The van der Waals surface area contributed by atoms with Gasteiger partial charge in [-0.15, -0.1) is 0 Å². The van der Waals surface area contributed by atoms with Crippen LogP contribution in [-0.2, 0) is 16.6 Å². The second-order valence-corrected chi connectivity index (χ2v) is 11.9. The Morgan fingerprint density at radius 1 is 1.06 bits per heavy atom. The van der Waals surface area contributed by atoms with Crippen molar-refractivity contribution in [3.8, 4) is 17.0 Å². The minimum Gasteiger partial charge on any atom is -0.475 e. The van der Waals surface area contributed by atoms with Crippen LogP contribution in [0, 0.1) is 17.6 Å². The van der Waals surface area contributed by atoms with E-state index in [1.807, 2.05) is 13.1 Å². The number of amides is 1. The van der Waals surface area contributed by atoms with Crippen molar-refractivity contribution in [3.63, 3.8) is 0 Å². The summed E-state index contributed by atoms with van der Waals surface area (Å²) in [5, 5.41) is 17.1. The van der Waals surface area contributed by atoms with E-state index in [4.69, 9.17) is 21.5 Å². The molecule has 0 spiro atoms. The molecule has 5 rings (SSSR count). The zero-order valence-corrected chi connectivity index (χ0v) is 29.9. The summed E-state index contributed by atoms with van der Waals surface area (Å²) in [5.41, 5.74) is 1.53. The predicted molar refractivity (Wildman–Crippen MR) is 185 cm³/mol. The summed E-state index contributed by atoms with van der Waals surface area (Å²) in [5.74, 6) is -5.63. The number of likely N-dealkylation sites (tertiary alicyclic amines) is 1. The average molecular weight is 779 g/mol. The second kappa shape index (κ2) is 21.8. The van der Waals surface area contributed by atoms with E-state index in [0.717, 1.165) is 36.9 Å². The number of imidazole rings is 1. The molecule has 12 nitrogen and oxygen atoms in total. The molecule has 3 aromatic rings. The van der Waals surface area contributed by atoms with Gasteiger partial charge in [0.25, 0.3) is 5.91 Å². The van der Waals surface area contributed by atoms with E-state index in [-0.39, 0.29) is 28.9 Å². The maximum atomic E-state index is 13.9. The van der Waals surface area contributed by atoms with Gasteiger partial charge >= 0.3 is 12.1 Å². The first kappa shape index (κ1) is 44.5. The first-order valence-corrected chi connectivity index (χ1v) is 16.5. The fourth-order valence-electron chi connectivity index (χ4n) is 5.05. The van der Waals surface area contributed by atoms with Gasteiger partial charge in [0, 0.05) is 50.4 Å². The number of nitrogens with zero attached hydrogens (tertiary/aromatic N) is 3. The van der Waals surface area contributed by atoms with Crippen molar-refractivity contribution >= 4 is 41.7 Å². The number of hydrogen-bond acceptors (Lipinski definition) is 9. The SMILES string of the molecule is CNC1CCNCC1.CNc1ccc(C(=O)N2CCC(C=O)CC2)c(Cl)c1.Cn1c(-c2ccc(OCF)c(F)c2F)cnc1C=O.O=C(O)C(F)(F)F. The van der Waals surface area contributed by atoms with Crippen molar-refractivity contribution < 1.29 is 55.4 Å². The first-order chi connectivity index (χ1) is 25.1. The Bertz CT molecular complexity index is 1660. The van der Waals surface area contributed by atoms with Crippen molar-refractivity contribution in [1.29, 1.82) is 0 Å². The summed E-state index contributed by atoms with van der Waals surface area (Å²) in [6, 6.07) is 8.43. The molecule has 2 saturated heterocycles. The van der Waals surface area contributed by atoms with Gasteiger partial charge < -0.3 is 40.1 Å². The number of carbonyl (C=O) groups excluding carboxylic acids is 3. The fraction of sp³-hybridized carbons (Fsp3) is 0.441. The van der Waals surface area contributed by atoms with Crippen LogP contribution < -0.4 is 20.7 Å². The molecule has 1 amide bonds. The Morgan fingerprint density at radius 3 is 2.13 bits per heavy atom. The predicted octanol–water partition coefficient (Wildman–Crippen LogP) is 5.51. The van der Waals surface area contributed by atoms with Gasteiger partial charge in [-0.05, 0) is 76.2 Å². The molecular weight excluding hydrogens is 738 g/mol. The molecule has 2 aromatic carbocycles. The number of carbonyl (C=O) groups is 4. The van der Waals surface area contributed by atoms with Crippen LogP contribution in [0.2, 0.25) is 5.02 Å². The molecule has 0 aliphatic carbocycles. The van der Waals surface area contributed by atoms with Crippen LogP contribution in [0.15, 0.2) is 36.5 Å². The van der Waals surface area contributed by atoms with Crippen LogP contribution in [0.25, 0.3) is 11.3 Å². The molecule has 1 aromatic heterocycles. The number of anilines is 1. The third-order valence-corrected chi connectivity index (χ3v) is 8.47. The van der Waals surface area contributed by atoms with E-state index >= 15 is 0 Å². The summed E-state index contributed by atoms with van der Waals surface area (Å²) < 4.78 is 76.8. The Labute approximate surface area is 306 Å². The van der Waals surface area contributed by atoms with Gasteiger partial charge in [-0.2, -0.15) is 17.6 Å². The number of carboxylic acids is 1. The summed E-state index contributed by atoms with van der Waals surface area (Å²) in [7, 11) is 5.34. The Hall–Kier alpha value is -4.68. The summed E-state index contributed by atoms with van der Waals surface area (Å²) in [6.45, 7) is 2.35. The van der Waals surface area contributed by atoms with Gasteiger partial charge in [-0.25, -0.2) is 18.6 Å². The molecule has 2 fully saturated rings. The smallest absolute Gasteiger partial charge is 0.475 e. The van der Waals surface area contributed by atoms with Crippen LogP contribution >= 0.6 is 11.6 Å². The second-order valence-electron chi connectivity index (χ2n) is 11.5. The number of aromatic nitrogens is 2. The number of aliphatic carboxylic acids is 1. The number of benzene rings is 2. The molecular formula is C34H41ClF6N6O6. The normalized spacial score (nSPS) is 14.6.